The van der Waals surface area contributed by atoms with Crippen LogP contribution in [0, 0.1) is 0 Å². The normalized spacial score (nSPS) is 16.7. The van der Waals surface area contributed by atoms with Crippen LogP contribution in [-0.4, -0.2) is 45.0 Å². The number of carbonyl (C=O) groups excluding carboxylic acids is 1. The fourth-order valence-electron chi connectivity index (χ4n) is 2.82. The molecule has 0 radical (unpaired) electrons. The van der Waals surface area contributed by atoms with Gasteiger partial charge in [0, 0.05) is 23.7 Å². The van der Waals surface area contributed by atoms with Gasteiger partial charge in [-0.3, -0.25) is 0 Å². The number of esters is 1. The minimum Gasteiger partial charge on any atom is -0.454 e. The van der Waals surface area contributed by atoms with Crippen molar-refractivity contribution >= 4 is 27.6 Å². The highest BCUT2D eigenvalue weighted by atomic mass is 35.5. The molecule has 1 atom stereocenters. The third-order valence-corrected chi connectivity index (χ3v) is 6.54. The summed E-state index contributed by atoms with van der Waals surface area (Å²) in [7, 11) is -3.68. The molecule has 144 valence electrons. The highest BCUT2D eigenvalue weighted by Gasteiger charge is 2.27. The van der Waals surface area contributed by atoms with Gasteiger partial charge >= 0.3 is 5.97 Å². The number of ether oxygens (including phenoxy) is 2. The van der Waals surface area contributed by atoms with Crippen molar-refractivity contribution in [3.05, 3.63) is 64.7 Å². The Morgan fingerprint density at radius 2 is 1.85 bits per heavy atom. The summed E-state index contributed by atoms with van der Waals surface area (Å²) in [5.41, 5.74) is 0.854. The zero-order chi connectivity index (χ0) is 19.4. The van der Waals surface area contributed by atoms with Crippen molar-refractivity contribution in [1.82, 2.24) is 4.31 Å². The second-order valence-electron chi connectivity index (χ2n) is 6.11. The molecule has 6 nitrogen and oxygen atoms in total. The number of benzene rings is 2. The molecule has 2 aromatic rings. The van der Waals surface area contributed by atoms with E-state index in [1.807, 2.05) is 0 Å². The first-order valence-electron chi connectivity index (χ1n) is 8.53. The van der Waals surface area contributed by atoms with Gasteiger partial charge in [-0.25, -0.2) is 13.2 Å². The van der Waals surface area contributed by atoms with E-state index in [2.05, 4.69) is 0 Å². The Morgan fingerprint density at radius 1 is 1.15 bits per heavy atom. The molecule has 0 N–H and O–H groups in total. The molecule has 0 bridgehead atoms. The van der Waals surface area contributed by atoms with Crippen molar-refractivity contribution in [2.45, 2.75) is 17.9 Å². The van der Waals surface area contributed by atoms with Crippen LogP contribution in [0.4, 0.5) is 0 Å². The Bertz CT molecular complexity index is 925. The predicted octanol–water partition coefficient (Wildman–Crippen LogP) is 3.28. The van der Waals surface area contributed by atoms with E-state index < -0.39 is 22.1 Å². The van der Waals surface area contributed by atoms with Crippen molar-refractivity contribution in [3.63, 3.8) is 0 Å². The van der Waals surface area contributed by atoms with Crippen molar-refractivity contribution in [2.75, 3.05) is 26.3 Å². The van der Waals surface area contributed by atoms with Crippen LogP contribution in [0.5, 0.6) is 0 Å². The van der Waals surface area contributed by atoms with Crippen molar-refractivity contribution in [2.24, 2.45) is 0 Å². The first-order valence-corrected chi connectivity index (χ1v) is 10.3. The van der Waals surface area contributed by atoms with E-state index in [1.54, 1.807) is 31.2 Å². The molecule has 8 heteroatoms. The Balaban J connectivity index is 1.78. The third-order valence-electron chi connectivity index (χ3n) is 4.30. The summed E-state index contributed by atoms with van der Waals surface area (Å²) in [6.45, 7) is 3.02. The van der Waals surface area contributed by atoms with Gasteiger partial charge in [-0.05, 0) is 31.2 Å². The number of rotatable bonds is 5. The van der Waals surface area contributed by atoms with Gasteiger partial charge in [-0.1, -0.05) is 35.9 Å². The van der Waals surface area contributed by atoms with Gasteiger partial charge in [0.05, 0.1) is 23.7 Å². The fourth-order valence-corrected chi connectivity index (χ4v) is 4.56. The minimum atomic E-state index is -3.68. The number of hydrogen-bond donors (Lipinski definition) is 0. The average molecular weight is 410 g/mol. The largest absolute Gasteiger partial charge is 0.454 e. The molecule has 0 unspecified atom stereocenters. The number of carbonyl (C=O) groups is 1. The zero-order valence-electron chi connectivity index (χ0n) is 14.8. The second-order valence-corrected chi connectivity index (χ2v) is 8.46. The van der Waals surface area contributed by atoms with E-state index in [0.29, 0.717) is 36.9 Å². The molecular weight excluding hydrogens is 390 g/mol. The highest BCUT2D eigenvalue weighted by Crippen LogP contribution is 2.26. The maximum absolute atomic E-state index is 12.8. The number of sulfonamides is 1. The lowest BCUT2D eigenvalue weighted by Gasteiger charge is -2.26. The van der Waals surface area contributed by atoms with Crippen LogP contribution in [0.25, 0.3) is 0 Å². The van der Waals surface area contributed by atoms with E-state index >= 15 is 0 Å². The molecule has 0 aromatic heterocycles. The van der Waals surface area contributed by atoms with Gasteiger partial charge in [0.25, 0.3) is 0 Å². The second kappa shape index (κ2) is 8.39. The Kier molecular flexibility index (Phi) is 6.16. The first-order chi connectivity index (χ1) is 12.9. The number of morpholine rings is 1. The fraction of sp³-hybridized carbons (Fsp3) is 0.316. The Morgan fingerprint density at radius 3 is 2.56 bits per heavy atom. The van der Waals surface area contributed by atoms with Crippen LogP contribution in [0.15, 0.2) is 53.4 Å². The van der Waals surface area contributed by atoms with Crippen LogP contribution in [0.2, 0.25) is 5.02 Å². The number of hydrogen-bond acceptors (Lipinski definition) is 5. The lowest BCUT2D eigenvalue weighted by atomic mass is 10.1. The van der Waals surface area contributed by atoms with E-state index in [1.165, 1.54) is 28.6 Å². The minimum absolute atomic E-state index is 0.0595. The lowest BCUT2D eigenvalue weighted by Crippen LogP contribution is -2.40. The molecular formula is C19H20ClNO5S. The molecule has 27 heavy (non-hydrogen) atoms. The summed E-state index contributed by atoms with van der Waals surface area (Å²) in [5, 5.41) is 0.501. The molecule has 0 amide bonds. The molecule has 1 saturated heterocycles. The summed E-state index contributed by atoms with van der Waals surface area (Å²) >= 11 is 6.13. The smallest absolute Gasteiger partial charge is 0.338 e. The zero-order valence-corrected chi connectivity index (χ0v) is 16.4. The van der Waals surface area contributed by atoms with Crippen LogP contribution in [-0.2, 0) is 19.5 Å². The molecule has 2 aromatic carbocycles. The SMILES string of the molecule is C[C@@H](OC(=O)c1cccc(S(=O)(=O)N2CCOCC2)c1)c1ccccc1Cl. The maximum Gasteiger partial charge on any atom is 0.338 e. The van der Waals surface area contributed by atoms with Crippen molar-refractivity contribution in [1.29, 1.82) is 0 Å². The summed E-state index contributed by atoms with van der Waals surface area (Å²) in [6.07, 6.45) is -0.564. The van der Waals surface area contributed by atoms with E-state index in [0.717, 1.165) is 0 Å². The van der Waals surface area contributed by atoms with E-state index in [-0.39, 0.29) is 10.5 Å². The number of halogens is 1. The van der Waals surface area contributed by atoms with Gasteiger partial charge in [-0.2, -0.15) is 4.31 Å². The highest BCUT2D eigenvalue weighted by molar-refractivity contribution is 7.89. The summed E-state index contributed by atoms with van der Waals surface area (Å²) in [5.74, 6) is -0.610. The summed E-state index contributed by atoms with van der Waals surface area (Å²) < 4.78 is 37.5. The lowest BCUT2D eigenvalue weighted by molar-refractivity contribution is 0.0338. The standard InChI is InChI=1S/C19H20ClNO5S/c1-14(17-7-2-3-8-18(17)20)26-19(22)15-5-4-6-16(13-15)27(23,24)21-9-11-25-12-10-21/h2-8,13-14H,9-12H2,1H3/t14-/m1/s1. The molecule has 1 fully saturated rings. The molecule has 0 aliphatic carbocycles. The van der Waals surface area contributed by atoms with Crippen LogP contribution >= 0.6 is 11.6 Å². The van der Waals surface area contributed by atoms with Gasteiger partial charge in [0.1, 0.15) is 6.10 Å². The third kappa shape index (κ3) is 4.50. The summed E-state index contributed by atoms with van der Waals surface area (Å²) in [4.78, 5) is 12.6. The molecule has 0 saturated carbocycles. The van der Waals surface area contributed by atoms with Gasteiger partial charge in [-0.15, -0.1) is 0 Å². The molecule has 1 aliphatic heterocycles. The quantitative estimate of drug-likeness (QED) is 0.708. The average Bonchev–Trinajstić information content (AvgIpc) is 2.69. The van der Waals surface area contributed by atoms with E-state index in [4.69, 9.17) is 21.1 Å². The molecule has 0 spiro atoms. The Labute approximate surface area is 163 Å². The summed E-state index contributed by atoms with van der Waals surface area (Å²) in [6, 6.07) is 13.0. The molecule has 1 aliphatic rings. The van der Waals surface area contributed by atoms with Crippen LogP contribution in [0.1, 0.15) is 28.9 Å². The van der Waals surface area contributed by atoms with Crippen LogP contribution in [0.3, 0.4) is 0 Å². The van der Waals surface area contributed by atoms with Gasteiger partial charge < -0.3 is 9.47 Å². The monoisotopic (exact) mass is 409 g/mol. The first kappa shape index (κ1) is 19.8. The van der Waals surface area contributed by atoms with Gasteiger partial charge in [0.15, 0.2) is 0 Å². The van der Waals surface area contributed by atoms with Crippen molar-refractivity contribution in [3.8, 4) is 0 Å². The number of nitrogens with zero attached hydrogens (tertiary/aromatic N) is 1. The molecule has 1 heterocycles. The van der Waals surface area contributed by atoms with Gasteiger partial charge in [0.2, 0.25) is 10.0 Å². The van der Waals surface area contributed by atoms with E-state index in [9.17, 15) is 13.2 Å². The van der Waals surface area contributed by atoms with Crippen LogP contribution < -0.4 is 0 Å². The Hall–Kier alpha value is -1.93. The maximum atomic E-state index is 12.8. The topological polar surface area (TPSA) is 72.9 Å². The molecule has 3 rings (SSSR count). The predicted molar refractivity (Wildman–Crippen MR) is 101 cm³/mol. The van der Waals surface area contributed by atoms with Crippen molar-refractivity contribution < 1.29 is 22.7 Å².